The van der Waals surface area contributed by atoms with Gasteiger partial charge in [0.25, 0.3) is 0 Å². The monoisotopic (exact) mass is 424 g/mol. The Kier molecular flexibility index (Phi) is 6.25. The molecular weight excluding hydrogens is 392 g/mol. The molecule has 8 heteroatoms. The van der Waals surface area contributed by atoms with Crippen molar-refractivity contribution in [2.24, 2.45) is 0 Å². The first-order chi connectivity index (χ1) is 14.4. The molecule has 1 fully saturated rings. The number of nitriles is 1. The highest BCUT2D eigenvalue weighted by molar-refractivity contribution is 5.94. The molecule has 2 N–H and O–H groups in total. The number of piperidine rings is 1. The number of carbonyl (C=O) groups excluding carboxylic acids is 1. The van der Waals surface area contributed by atoms with Crippen molar-refractivity contribution in [1.29, 1.82) is 5.26 Å². The van der Waals surface area contributed by atoms with Crippen molar-refractivity contribution < 1.29 is 9.53 Å². The third-order valence-corrected chi connectivity index (χ3v) is 4.75. The molecule has 2 aromatic heterocycles. The van der Waals surface area contributed by atoms with Crippen LogP contribution in [0.3, 0.4) is 0 Å². The van der Waals surface area contributed by atoms with E-state index in [-0.39, 0.29) is 17.7 Å². The van der Waals surface area contributed by atoms with Crippen LogP contribution in [0.2, 0.25) is 0 Å². The van der Waals surface area contributed by atoms with Crippen LogP contribution in [-0.2, 0) is 4.74 Å². The van der Waals surface area contributed by atoms with E-state index in [0.29, 0.717) is 30.4 Å². The van der Waals surface area contributed by atoms with Gasteiger partial charge in [0, 0.05) is 41.6 Å². The summed E-state index contributed by atoms with van der Waals surface area (Å²) in [5.74, 6) is 1.37. The fourth-order valence-corrected chi connectivity index (χ4v) is 3.53. The zero-order chi connectivity index (χ0) is 22.8. The summed E-state index contributed by atoms with van der Waals surface area (Å²) >= 11 is 0. The molecule has 0 aromatic carbocycles. The van der Waals surface area contributed by atoms with Crippen molar-refractivity contribution in [2.75, 3.05) is 23.7 Å². The van der Waals surface area contributed by atoms with Gasteiger partial charge in [0.1, 0.15) is 29.0 Å². The highest BCUT2D eigenvalue weighted by Gasteiger charge is 2.28. The summed E-state index contributed by atoms with van der Waals surface area (Å²) in [4.78, 5) is 23.2. The number of fused-ring (bicyclic) bond motifs is 1. The quantitative estimate of drug-likeness (QED) is 0.746. The van der Waals surface area contributed by atoms with Crippen molar-refractivity contribution in [2.45, 2.75) is 71.6 Å². The number of aromatic nitrogens is 2. The first kappa shape index (κ1) is 22.6. The number of nitrogens with one attached hydrogen (secondary N) is 2. The zero-order valence-corrected chi connectivity index (χ0v) is 19.2. The number of pyridine rings is 2. The maximum Gasteiger partial charge on any atom is 0.410 e. The molecule has 1 atom stereocenters. The number of hydrogen-bond donors (Lipinski definition) is 2. The van der Waals surface area contributed by atoms with E-state index in [1.54, 1.807) is 17.2 Å². The Balaban J connectivity index is 1.81. The predicted molar refractivity (Wildman–Crippen MR) is 122 cm³/mol. The van der Waals surface area contributed by atoms with Gasteiger partial charge in [-0.2, -0.15) is 5.26 Å². The van der Waals surface area contributed by atoms with E-state index in [2.05, 4.69) is 26.7 Å². The molecule has 166 valence electrons. The molecule has 0 saturated carbocycles. The lowest BCUT2D eigenvalue weighted by Gasteiger charge is -2.34. The van der Waals surface area contributed by atoms with Gasteiger partial charge in [-0.3, -0.25) is 0 Å². The molecule has 0 radical (unpaired) electrons. The summed E-state index contributed by atoms with van der Waals surface area (Å²) in [6.07, 6.45) is 3.31. The molecule has 8 nitrogen and oxygen atoms in total. The van der Waals surface area contributed by atoms with Gasteiger partial charge < -0.3 is 20.3 Å². The summed E-state index contributed by atoms with van der Waals surface area (Å²) in [6.45, 7) is 13.0. The summed E-state index contributed by atoms with van der Waals surface area (Å²) in [5, 5.41) is 17.9. The molecule has 1 saturated heterocycles. The fraction of sp³-hybridized carbons (Fsp3) is 0.565. The summed E-state index contributed by atoms with van der Waals surface area (Å²) in [5.41, 5.74) is -0.368. The Morgan fingerprint density at radius 1 is 1.26 bits per heavy atom. The molecular formula is C23H32N6O2. The molecule has 31 heavy (non-hydrogen) atoms. The number of anilines is 2. The van der Waals surface area contributed by atoms with Crippen molar-refractivity contribution in [1.82, 2.24) is 14.9 Å². The van der Waals surface area contributed by atoms with Gasteiger partial charge >= 0.3 is 6.09 Å². The van der Waals surface area contributed by atoms with Crippen LogP contribution in [0.1, 0.15) is 60.1 Å². The van der Waals surface area contributed by atoms with Crippen LogP contribution < -0.4 is 10.6 Å². The SMILES string of the molecule is CC(C)(C)Nc1nc(C#N)cc2cnc(N[C@H]3CCCN(C(=O)OC(C)(C)C)C3)cc12. The molecule has 3 heterocycles. The minimum atomic E-state index is -0.511. The Morgan fingerprint density at radius 2 is 2.00 bits per heavy atom. The smallest absolute Gasteiger partial charge is 0.410 e. The van der Waals surface area contributed by atoms with Gasteiger partial charge in [-0.15, -0.1) is 0 Å². The summed E-state index contributed by atoms with van der Waals surface area (Å²) in [7, 11) is 0. The van der Waals surface area contributed by atoms with Crippen LogP contribution in [-0.4, -0.2) is 51.2 Å². The Morgan fingerprint density at radius 3 is 2.65 bits per heavy atom. The maximum atomic E-state index is 12.4. The molecule has 1 aliphatic rings. The summed E-state index contributed by atoms with van der Waals surface area (Å²) < 4.78 is 5.52. The van der Waals surface area contributed by atoms with Crippen LogP contribution in [0.5, 0.6) is 0 Å². The highest BCUT2D eigenvalue weighted by Crippen LogP contribution is 2.27. The van der Waals surface area contributed by atoms with Crippen LogP contribution >= 0.6 is 0 Å². The standard InChI is InChI=1S/C23H32N6O2/c1-22(2,3)28-20-18-11-19(25-13-15(18)10-17(12-24)27-20)26-16-8-7-9-29(14-16)21(30)31-23(4,5)6/h10-11,13,16H,7-9,14H2,1-6H3,(H,25,26)(H,27,28)/t16-/m0/s1. The van der Waals surface area contributed by atoms with Crippen molar-refractivity contribution in [3.8, 4) is 6.07 Å². The third kappa shape index (κ3) is 6.20. The minimum Gasteiger partial charge on any atom is -0.444 e. The van der Waals surface area contributed by atoms with E-state index in [1.807, 2.05) is 47.6 Å². The van der Waals surface area contributed by atoms with Crippen molar-refractivity contribution in [3.05, 3.63) is 24.0 Å². The van der Waals surface area contributed by atoms with E-state index in [0.717, 1.165) is 23.6 Å². The number of nitrogens with zero attached hydrogens (tertiary/aromatic N) is 4. The van der Waals surface area contributed by atoms with Gasteiger partial charge in [-0.05, 0) is 66.5 Å². The Hall–Kier alpha value is -3.08. The fourth-order valence-electron chi connectivity index (χ4n) is 3.53. The van der Waals surface area contributed by atoms with Gasteiger partial charge in [0.15, 0.2) is 0 Å². The molecule has 0 bridgehead atoms. The zero-order valence-electron chi connectivity index (χ0n) is 19.2. The average Bonchev–Trinajstić information content (AvgIpc) is 2.66. The van der Waals surface area contributed by atoms with Gasteiger partial charge in [0.2, 0.25) is 0 Å². The molecule has 3 rings (SSSR count). The third-order valence-electron chi connectivity index (χ3n) is 4.75. The minimum absolute atomic E-state index is 0.0802. The number of likely N-dealkylation sites (tertiary alicyclic amines) is 1. The van der Waals surface area contributed by atoms with Crippen LogP contribution in [0.4, 0.5) is 16.4 Å². The number of hydrogen-bond acceptors (Lipinski definition) is 7. The topological polar surface area (TPSA) is 103 Å². The van der Waals surface area contributed by atoms with Crippen LogP contribution in [0.15, 0.2) is 18.3 Å². The summed E-state index contributed by atoms with van der Waals surface area (Å²) in [6, 6.07) is 5.88. The molecule has 0 unspecified atom stereocenters. The molecule has 1 aliphatic heterocycles. The molecule has 2 aromatic rings. The van der Waals surface area contributed by atoms with E-state index >= 15 is 0 Å². The lowest BCUT2D eigenvalue weighted by Crippen LogP contribution is -2.47. The van der Waals surface area contributed by atoms with Crippen LogP contribution in [0, 0.1) is 11.3 Å². The number of amides is 1. The number of carbonyl (C=O) groups is 1. The Labute approximate surface area is 184 Å². The molecule has 0 aliphatic carbocycles. The number of ether oxygens (including phenoxy) is 1. The van der Waals surface area contributed by atoms with Gasteiger partial charge in [-0.1, -0.05) is 0 Å². The second-order valence-corrected chi connectivity index (χ2v) is 10.0. The second-order valence-electron chi connectivity index (χ2n) is 10.0. The van der Waals surface area contributed by atoms with E-state index in [9.17, 15) is 10.1 Å². The largest absolute Gasteiger partial charge is 0.444 e. The normalized spacial score (nSPS) is 17.2. The second kappa shape index (κ2) is 8.58. The van der Waals surface area contributed by atoms with E-state index in [1.165, 1.54) is 0 Å². The number of rotatable bonds is 3. The average molecular weight is 425 g/mol. The lowest BCUT2D eigenvalue weighted by atomic mass is 10.1. The molecule has 1 amide bonds. The Bertz CT molecular complexity index is 1000. The van der Waals surface area contributed by atoms with Gasteiger partial charge in [-0.25, -0.2) is 14.8 Å². The maximum absolute atomic E-state index is 12.4. The predicted octanol–water partition coefficient (Wildman–Crippen LogP) is 4.52. The molecule has 0 spiro atoms. The van der Waals surface area contributed by atoms with E-state index < -0.39 is 5.60 Å². The lowest BCUT2D eigenvalue weighted by molar-refractivity contribution is 0.0206. The van der Waals surface area contributed by atoms with E-state index in [4.69, 9.17) is 4.74 Å². The highest BCUT2D eigenvalue weighted by atomic mass is 16.6. The first-order valence-electron chi connectivity index (χ1n) is 10.7. The van der Waals surface area contributed by atoms with Gasteiger partial charge in [0.05, 0.1) is 0 Å². The van der Waals surface area contributed by atoms with Crippen LogP contribution in [0.25, 0.3) is 10.8 Å². The first-order valence-corrected chi connectivity index (χ1v) is 10.7. The van der Waals surface area contributed by atoms with Crippen molar-refractivity contribution >= 4 is 28.5 Å². The van der Waals surface area contributed by atoms with Crippen molar-refractivity contribution in [3.63, 3.8) is 0 Å².